The molecule has 144 valence electrons. The molecule has 1 unspecified atom stereocenters. The van der Waals surface area contributed by atoms with E-state index < -0.39 is 0 Å². The molecular formula is C22H24N4O2. The van der Waals surface area contributed by atoms with Crippen molar-refractivity contribution >= 4 is 16.6 Å². The summed E-state index contributed by atoms with van der Waals surface area (Å²) in [5.74, 6) is 0.375. The van der Waals surface area contributed by atoms with E-state index in [0.717, 1.165) is 27.6 Å². The van der Waals surface area contributed by atoms with E-state index >= 15 is 0 Å². The highest BCUT2D eigenvalue weighted by Crippen LogP contribution is 2.29. The monoisotopic (exact) mass is 376 g/mol. The van der Waals surface area contributed by atoms with E-state index in [9.17, 15) is 9.90 Å². The highest BCUT2D eigenvalue weighted by molar-refractivity contribution is 5.97. The molecule has 1 atom stereocenters. The van der Waals surface area contributed by atoms with E-state index in [1.54, 1.807) is 4.40 Å². The van der Waals surface area contributed by atoms with Gasteiger partial charge in [-0.3, -0.25) is 0 Å². The molecule has 2 aromatic heterocycles. The Morgan fingerprint density at radius 3 is 2.61 bits per heavy atom. The number of nitrogens with zero attached hydrogens (tertiary/aromatic N) is 2. The number of fused-ring (bicyclic) bond motifs is 3. The zero-order valence-corrected chi connectivity index (χ0v) is 16.0. The number of H-pyrrole nitrogens is 1. The Bertz CT molecular complexity index is 1160. The Hall–Kier alpha value is -2.96. The average molecular weight is 376 g/mol. The second-order valence-corrected chi connectivity index (χ2v) is 7.41. The van der Waals surface area contributed by atoms with E-state index in [2.05, 4.69) is 53.6 Å². The average Bonchev–Trinajstić information content (AvgIpc) is 3.09. The number of hydrogen-bond donors (Lipinski definition) is 3. The molecule has 2 aromatic carbocycles. The first kappa shape index (κ1) is 18.4. The molecule has 0 radical (unpaired) electrons. The molecule has 0 bridgehead atoms. The quantitative estimate of drug-likeness (QED) is 0.483. The number of aromatic amines is 1. The second-order valence-electron chi connectivity index (χ2n) is 7.41. The summed E-state index contributed by atoms with van der Waals surface area (Å²) in [6.07, 6.45) is 0. The van der Waals surface area contributed by atoms with Crippen molar-refractivity contribution in [2.45, 2.75) is 26.4 Å². The maximum atomic E-state index is 12.1. The Morgan fingerprint density at radius 1 is 1.14 bits per heavy atom. The van der Waals surface area contributed by atoms with E-state index in [1.165, 1.54) is 0 Å². The third-order valence-corrected chi connectivity index (χ3v) is 5.24. The molecule has 0 aliphatic rings. The number of pyridine rings is 1. The van der Waals surface area contributed by atoms with Gasteiger partial charge in [0.2, 0.25) is 0 Å². The summed E-state index contributed by atoms with van der Waals surface area (Å²) >= 11 is 0. The molecule has 0 aliphatic heterocycles. The van der Waals surface area contributed by atoms with Gasteiger partial charge in [0.1, 0.15) is 0 Å². The number of aliphatic hydroxyl groups excluding tert-OH is 1. The van der Waals surface area contributed by atoms with Gasteiger partial charge in [0.05, 0.1) is 12.1 Å². The van der Waals surface area contributed by atoms with Gasteiger partial charge in [-0.1, -0.05) is 56.3 Å². The zero-order chi connectivity index (χ0) is 19.7. The van der Waals surface area contributed by atoms with Crippen LogP contribution < -0.4 is 11.0 Å². The number of hydrogen-bond acceptors (Lipinski definition) is 4. The number of aliphatic hydroxyl groups is 1. The van der Waals surface area contributed by atoms with Crippen LogP contribution in [-0.4, -0.2) is 32.4 Å². The normalized spacial score (nSPS) is 12.9. The van der Waals surface area contributed by atoms with Gasteiger partial charge in [0.25, 0.3) is 0 Å². The van der Waals surface area contributed by atoms with Gasteiger partial charge < -0.3 is 10.4 Å². The van der Waals surface area contributed by atoms with E-state index in [0.29, 0.717) is 18.1 Å². The lowest BCUT2D eigenvalue weighted by atomic mass is 9.99. The van der Waals surface area contributed by atoms with E-state index in [-0.39, 0.29) is 18.3 Å². The van der Waals surface area contributed by atoms with Crippen LogP contribution in [0.2, 0.25) is 0 Å². The Labute approximate surface area is 162 Å². The van der Waals surface area contributed by atoms with Crippen LogP contribution in [0.15, 0.2) is 59.4 Å². The number of aromatic nitrogens is 3. The van der Waals surface area contributed by atoms with Crippen LogP contribution >= 0.6 is 0 Å². The Kier molecular flexibility index (Phi) is 4.98. The molecule has 6 heteroatoms. The highest BCUT2D eigenvalue weighted by Gasteiger charge is 2.13. The number of rotatable bonds is 6. The van der Waals surface area contributed by atoms with Crippen LogP contribution in [0, 0.1) is 5.92 Å². The second kappa shape index (κ2) is 7.58. The lowest BCUT2D eigenvalue weighted by Gasteiger charge is -2.20. The summed E-state index contributed by atoms with van der Waals surface area (Å²) < 4.78 is 1.60. The zero-order valence-electron chi connectivity index (χ0n) is 16.0. The van der Waals surface area contributed by atoms with E-state index in [4.69, 9.17) is 0 Å². The van der Waals surface area contributed by atoms with Crippen molar-refractivity contribution in [1.29, 1.82) is 0 Å². The Morgan fingerprint density at radius 2 is 1.89 bits per heavy atom. The van der Waals surface area contributed by atoms with Crippen LogP contribution in [0.1, 0.15) is 19.4 Å². The first-order valence-electron chi connectivity index (χ1n) is 9.51. The first-order valence-corrected chi connectivity index (χ1v) is 9.51. The molecule has 3 N–H and O–H groups in total. The van der Waals surface area contributed by atoms with Crippen molar-refractivity contribution in [2.75, 3.05) is 6.61 Å². The molecule has 0 fully saturated rings. The van der Waals surface area contributed by atoms with E-state index in [1.807, 2.05) is 30.3 Å². The van der Waals surface area contributed by atoms with Crippen LogP contribution in [0.3, 0.4) is 0 Å². The summed E-state index contributed by atoms with van der Waals surface area (Å²) in [5.41, 5.74) is 4.47. The molecule has 0 saturated heterocycles. The van der Waals surface area contributed by atoms with Gasteiger partial charge in [-0.2, -0.15) is 5.10 Å². The fraction of sp³-hybridized carbons (Fsp3) is 0.273. The van der Waals surface area contributed by atoms with Crippen molar-refractivity contribution < 1.29 is 5.11 Å². The number of nitrogens with one attached hydrogen (secondary N) is 2. The van der Waals surface area contributed by atoms with Crippen LogP contribution in [0.5, 0.6) is 0 Å². The van der Waals surface area contributed by atoms with Crippen LogP contribution in [0.25, 0.3) is 27.7 Å². The molecular weight excluding hydrogens is 352 g/mol. The third-order valence-electron chi connectivity index (χ3n) is 5.24. The SMILES string of the molecule is CC(C)C(CO)NCc1ccc(-c2cc3n[nH]c(=O)n3c3ccccc23)cc1. The van der Waals surface area contributed by atoms with Gasteiger partial charge in [-0.25, -0.2) is 14.3 Å². The van der Waals surface area contributed by atoms with Crippen molar-refractivity contribution in [1.82, 2.24) is 19.9 Å². The predicted octanol–water partition coefficient (Wildman–Crippen LogP) is 2.95. The fourth-order valence-electron chi connectivity index (χ4n) is 3.54. The minimum atomic E-state index is -0.234. The largest absolute Gasteiger partial charge is 0.395 e. The van der Waals surface area contributed by atoms with Gasteiger partial charge in [-0.05, 0) is 34.7 Å². The lowest BCUT2D eigenvalue weighted by Crippen LogP contribution is -2.36. The molecule has 0 spiro atoms. The van der Waals surface area contributed by atoms with Gasteiger partial charge >= 0.3 is 5.69 Å². The van der Waals surface area contributed by atoms with Crippen LogP contribution in [-0.2, 0) is 6.54 Å². The highest BCUT2D eigenvalue weighted by atomic mass is 16.3. The maximum absolute atomic E-state index is 12.1. The summed E-state index contributed by atoms with van der Waals surface area (Å²) in [4.78, 5) is 12.1. The molecule has 0 saturated carbocycles. The molecule has 0 aliphatic carbocycles. The summed E-state index contributed by atoms with van der Waals surface area (Å²) in [6.45, 7) is 5.03. The maximum Gasteiger partial charge on any atom is 0.348 e. The standard InChI is InChI=1S/C22H24N4O2/c1-14(2)19(13-27)23-12-15-7-9-16(10-8-15)18-11-21-24-25-22(28)26(21)20-6-4-3-5-17(18)20/h3-11,14,19,23,27H,12-13H2,1-2H3,(H,25,28). The Balaban J connectivity index is 1.69. The van der Waals surface area contributed by atoms with Crippen molar-refractivity contribution in [3.63, 3.8) is 0 Å². The molecule has 4 aromatic rings. The third kappa shape index (κ3) is 3.32. The minimum absolute atomic E-state index is 0.0870. The number of para-hydroxylation sites is 1. The summed E-state index contributed by atoms with van der Waals surface area (Å²) in [7, 11) is 0. The minimum Gasteiger partial charge on any atom is -0.395 e. The topological polar surface area (TPSA) is 82.4 Å². The first-order chi connectivity index (χ1) is 13.6. The molecule has 28 heavy (non-hydrogen) atoms. The van der Waals surface area contributed by atoms with Gasteiger partial charge in [0.15, 0.2) is 5.65 Å². The molecule has 6 nitrogen and oxygen atoms in total. The summed E-state index contributed by atoms with van der Waals surface area (Å²) in [6, 6.07) is 18.2. The number of benzene rings is 2. The molecule has 4 rings (SSSR count). The summed E-state index contributed by atoms with van der Waals surface area (Å²) in [5, 5.41) is 20.5. The smallest absolute Gasteiger partial charge is 0.348 e. The fourth-order valence-corrected chi connectivity index (χ4v) is 3.54. The lowest BCUT2D eigenvalue weighted by molar-refractivity contribution is 0.210. The predicted molar refractivity (Wildman–Crippen MR) is 111 cm³/mol. The van der Waals surface area contributed by atoms with Gasteiger partial charge in [0, 0.05) is 18.0 Å². The van der Waals surface area contributed by atoms with Crippen molar-refractivity contribution in [2.24, 2.45) is 5.92 Å². The molecule has 0 amide bonds. The van der Waals surface area contributed by atoms with Crippen LogP contribution in [0.4, 0.5) is 0 Å². The van der Waals surface area contributed by atoms with Crippen molar-refractivity contribution in [3.8, 4) is 11.1 Å². The van der Waals surface area contributed by atoms with Gasteiger partial charge in [-0.15, -0.1) is 0 Å². The van der Waals surface area contributed by atoms with Crippen molar-refractivity contribution in [3.05, 3.63) is 70.6 Å². The molecule has 2 heterocycles.